The van der Waals surface area contributed by atoms with Crippen LogP contribution in [0, 0.1) is 5.82 Å². The Morgan fingerprint density at radius 3 is 2.74 bits per heavy atom. The number of carbonyl (C=O) groups excluding carboxylic acids is 1. The van der Waals surface area contributed by atoms with E-state index in [2.05, 4.69) is 20.7 Å². The number of likely N-dealkylation sites (N-methyl/N-ethyl adjacent to an activating group) is 1. The molecule has 1 fully saturated rings. The number of nitrogens with zero attached hydrogens (tertiary/aromatic N) is 1. The van der Waals surface area contributed by atoms with E-state index in [1.165, 1.54) is 25.2 Å². The highest BCUT2D eigenvalue weighted by atomic mass is 79.9. The Morgan fingerprint density at radius 1 is 1.33 bits per heavy atom. The van der Waals surface area contributed by atoms with Crippen molar-refractivity contribution in [1.82, 2.24) is 9.03 Å². The van der Waals surface area contributed by atoms with Crippen LogP contribution >= 0.6 is 27.5 Å². The van der Waals surface area contributed by atoms with E-state index in [1.54, 1.807) is 0 Å². The summed E-state index contributed by atoms with van der Waals surface area (Å²) in [5, 5.41) is -0.0707. The highest BCUT2D eigenvalue weighted by Crippen LogP contribution is 2.30. The largest absolute Gasteiger partial charge is 0.298 e. The van der Waals surface area contributed by atoms with Gasteiger partial charge in [-0.15, -0.1) is 0 Å². The summed E-state index contributed by atoms with van der Waals surface area (Å²) in [5.41, 5.74) is 1.30. The van der Waals surface area contributed by atoms with Crippen LogP contribution in [-0.2, 0) is 21.4 Å². The summed E-state index contributed by atoms with van der Waals surface area (Å²) in [5.74, 6) is -0.839. The number of nitrogens with one attached hydrogen (secondary N) is 1. The molecule has 1 aliphatic rings. The maximum Gasteiger partial charge on any atom is 0.280 e. The summed E-state index contributed by atoms with van der Waals surface area (Å²) in [7, 11) is -2.44. The second-order valence-electron chi connectivity index (χ2n) is 6.39. The molecule has 5 nitrogen and oxygen atoms in total. The highest BCUT2D eigenvalue weighted by Gasteiger charge is 2.40. The van der Waals surface area contributed by atoms with Crippen molar-refractivity contribution in [3.63, 3.8) is 0 Å². The summed E-state index contributed by atoms with van der Waals surface area (Å²) >= 11 is 9.14. The molecule has 9 heteroatoms. The van der Waals surface area contributed by atoms with Crippen LogP contribution in [0.15, 0.2) is 46.9 Å². The number of benzene rings is 2. The Kier molecular flexibility index (Phi) is 6.02. The van der Waals surface area contributed by atoms with E-state index < -0.39 is 28.1 Å². The number of hydrogen-bond donors (Lipinski definition) is 1. The second kappa shape index (κ2) is 7.97. The van der Waals surface area contributed by atoms with E-state index in [0.717, 1.165) is 14.3 Å². The van der Waals surface area contributed by atoms with Gasteiger partial charge in [-0.25, -0.2) is 4.39 Å². The lowest BCUT2D eigenvalue weighted by molar-refractivity contribution is -0.122. The first kappa shape index (κ1) is 20.4. The highest BCUT2D eigenvalue weighted by molar-refractivity contribution is 9.10. The fraction of sp³-hybridized carbons (Fsp3) is 0.278. The lowest BCUT2D eigenvalue weighted by Gasteiger charge is -2.36. The summed E-state index contributed by atoms with van der Waals surface area (Å²) in [6, 6.07) is 9.98. The van der Waals surface area contributed by atoms with Gasteiger partial charge in [0.05, 0.1) is 11.1 Å². The number of halogens is 3. The molecule has 3 rings (SSSR count). The van der Waals surface area contributed by atoms with E-state index in [4.69, 9.17) is 11.6 Å². The van der Waals surface area contributed by atoms with E-state index in [-0.39, 0.29) is 17.2 Å². The molecule has 2 atom stereocenters. The minimum Gasteiger partial charge on any atom is -0.298 e. The number of ketones is 1. The normalized spacial score (nSPS) is 22.5. The molecule has 2 unspecified atom stereocenters. The van der Waals surface area contributed by atoms with Crippen LogP contribution < -0.4 is 4.72 Å². The van der Waals surface area contributed by atoms with Crippen LogP contribution in [0.5, 0.6) is 0 Å². The molecule has 0 saturated carbocycles. The summed E-state index contributed by atoms with van der Waals surface area (Å²) in [6.07, 6.45) is 0.260. The zero-order chi connectivity index (χ0) is 19.8. The number of Topliss-reactive ketones (excluding diaryl/α,β-unsaturated/α-hetero) is 1. The molecule has 27 heavy (non-hydrogen) atoms. The van der Waals surface area contributed by atoms with Crippen LogP contribution in [0.4, 0.5) is 4.39 Å². The Balaban J connectivity index is 1.85. The van der Waals surface area contributed by atoms with E-state index >= 15 is 0 Å². The first-order valence-electron chi connectivity index (χ1n) is 8.15. The number of carbonyl (C=O) groups is 1. The first-order valence-corrected chi connectivity index (χ1v) is 10.8. The van der Waals surface area contributed by atoms with Gasteiger partial charge < -0.3 is 0 Å². The van der Waals surface area contributed by atoms with Crippen molar-refractivity contribution in [1.29, 1.82) is 0 Å². The van der Waals surface area contributed by atoms with Gasteiger partial charge >= 0.3 is 0 Å². The fourth-order valence-electron chi connectivity index (χ4n) is 3.08. The van der Waals surface area contributed by atoms with Crippen molar-refractivity contribution in [2.24, 2.45) is 0 Å². The van der Waals surface area contributed by atoms with Gasteiger partial charge in [-0.05, 0) is 41.8 Å². The lowest BCUT2D eigenvalue weighted by Crippen LogP contribution is -2.55. The minimum absolute atomic E-state index is 0.0320. The Labute approximate surface area is 170 Å². The Morgan fingerprint density at radius 2 is 2.07 bits per heavy atom. The standard InChI is InChI=1S/C18H17BrClFN2O3S/c1-23-17(18(24)8-11-5-6-15(21)14(20)7-11)10-16(22-27(23,25)26)12-3-2-4-13(19)9-12/h2-7,9,16-17,22H,8,10H2,1H3. The van der Waals surface area contributed by atoms with Gasteiger partial charge in [0.15, 0.2) is 5.78 Å². The van der Waals surface area contributed by atoms with Crippen molar-refractivity contribution in [3.05, 3.63) is 68.9 Å². The van der Waals surface area contributed by atoms with E-state index in [9.17, 15) is 17.6 Å². The molecule has 0 aliphatic carbocycles. The van der Waals surface area contributed by atoms with E-state index in [0.29, 0.717) is 12.0 Å². The average molecular weight is 476 g/mol. The molecular formula is C18H17BrClFN2O3S. The maximum atomic E-state index is 13.3. The van der Waals surface area contributed by atoms with Crippen LogP contribution in [-0.4, -0.2) is 31.6 Å². The van der Waals surface area contributed by atoms with Crippen molar-refractivity contribution >= 4 is 43.5 Å². The quantitative estimate of drug-likeness (QED) is 0.734. The van der Waals surface area contributed by atoms with Crippen molar-refractivity contribution in [3.8, 4) is 0 Å². The molecule has 0 amide bonds. The van der Waals surface area contributed by atoms with Gasteiger partial charge in [0.25, 0.3) is 10.2 Å². The summed E-state index contributed by atoms with van der Waals surface area (Å²) in [4.78, 5) is 12.8. The molecule has 1 N–H and O–H groups in total. The van der Waals surface area contributed by atoms with E-state index in [1.807, 2.05) is 24.3 Å². The van der Waals surface area contributed by atoms with Gasteiger partial charge in [-0.3, -0.25) is 4.79 Å². The van der Waals surface area contributed by atoms with Gasteiger partial charge in [-0.1, -0.05) is 45.7 Å². The van der Waals surface area contributed by atoms with Crippen LogP contribution in [0.2, 0.25) is 5.02 Å². The minimum atomic E-state index is -3.81. The predicted octanol–water partition coefficient (Wildman–Crippen LogP) is 3.63. The van der Waals surface area contributed by atoms with Gasteiger partial charge in [-0.2, -0.15) is 17.4 Å². The second-order valence-corrected chi connectivity index (χ2v) is 9.47. The van der Waals surface area contributed by atoms with Gasteiger partial charge in [0.2, 0.25) is 0 Å². The zero-order valence-electron chi connectivity index (χ0n) is 14.3. The molecule has 144 valence electrons. The molecular weight excluding hydrogens is 459 g/mol. The molecule has 2 aromatic rings. The molecule has 1 aliphatic heterocycles. The molecule has 2 aromatic carbocycles. The molecule has 0 aromatic heterocycles. The Hall–Kier alpha value is -1.32. The summed E-state index contributed by atoms with van der Waals surface area (Å²) < 4.78 is 42.8. The van der Waals surface area contributed by atoms with Crippen molar-refractivity contribution < 1.29 is 17.6 Å². The van der Waals surface area contributed by atoms with Gasteiger partial charge in [0.1, 0.15) is 5.82 Å². The molecule has 0 bridgehead atoms. The van der Waals surface area contributed by atoms with Crippen molar-refractivity contribution in [2.45, 2.75) is 24.9 Å². The van der Waals surface area contributed by atoms with Crippen LogP contribution in [0.3, 0.4) is 0 Å². The van der Waals surface area contributed by atoms with Gasteiger partial charge in [0, 0.05) is 24.0 Å². The monoisotopic (exact) mass is 474 g/mol. The smallest absolute Gasteiger partial charge is 0.280 e. The fourth-order valence-corrected chi connectivity index (χ4v) is 5.00. The average Bonchev–Trinajstić information content (AvgIpc) is 2.60. The topological polar surface area (TPSA) is 66.5 Å². The number of rotatable bonds is 4. The Bertz CT molecular complexity index is 986. The summed E-state index contributed by atoms with van der Waals surface area (Å²) in [6.45, 7) is 0. The third-order valence-electron chi connectivity index (χ3n) is 4.55. The molecule has 0 spiro atoms. The molecule has 0 radical (unpaired) electrons. The maximum absolute atomic E-state index is 13.3. The number of hydrogen-bond acceptors (Lipinski definition) is 3. The SMILES string of the molecule is CN1C(C(=O)Cc2ccc(F)c(Cl)c2)CC(c2cccc(Br)c2)NS1(=O)=O. The third-order valence-corrected chi connectivity index (χ3v) is 6.93. The van der Waals surface area contributed by atoms with Crippen LogP contribution in [0.25, 0.3) is 0 Å². The predicted molar refractivity (Wildman–Crippen MR) is 105 cm³/mol. The first-order chi connectivity index (χ1) is 12.7. The van der Waals surface area contributed by atoms with Crippen molar-refractivity contribution in [2.75, 3.05) is 7.05 Å². The van der Waals surface area contributed by atoms with Crippen LogP contribution in [0.1, 0.15) is 23.6 Å². The third kappa shape index (κ3) is 4.57. The lowest BCUT2D eigenvalue weighted by atomic mass is 9.95. The molecule has 1 heterocycles. The zero-order valence-corrected chi connectivity index (χ0v) is 17.5. The molecule has 1 saturated heterocycles.